The first-order valence-electron chi connectivity index (χ1n) is 47.9. The van der Waals surface area contributed by atoms with Crippen molar-refractivity contribution < 1.29 is 0 Å². The topological polar surface area (TPSA) is 133 Å². The van der Waals surface area contributed by atoms with Crippen molar-refractivity contribution in [3.63, 3.8) is 0 Å². The van der Waals surface area contributed by atoms with Crippen molar-refractivity contribution in [3.05, 3.63) is 364 Å². The monoisotopic (exact) mass is 1960 g/mol. The molecule has 0 bridgehead atoms. The first kappa shape index (κ1) is 81.7. The average Bonchev–Trinajstić information content (AvgIpc) is 1.56. The molecule has 36 aromatic rings. The fourth-order valence-corrected chi connectivity index (χ4v) is 29.8. The molecule has 0 fully saturated rings. The molecule has 0 spiro atoms. The summed E-state index contributed by atoms with van der Waals surface area (Å²) < 4.78 is 42.6. The third kappa shape index (κ3) is 11.6. The van der Waals surface area contributed by atoms with Crippen LogP contribution in [0, 0.1) is 0 Å². The standard InChI is InChI=1S/6C20H13N3S/c1-22-15-7-3-4-8-16(15)23-17-10-13-12-6-2-5-9-18(12)24-19(13)11-14(17)21-20(22)23;1-22-15-7-3-4-8-16(15)23-17-11-19-13(10-14(17)21-20(22)23)12-6-2-5-9-18(12)24-19;1-22-14-7-3-4-8-15(14)23-19-13(21-20(22)23)10-11-17-18(19)12-6-2-5-9-16(12)24-17;1-22-15-7-3-4-8-16(15)23-18-14(21-20(22)23)11-10-13-12-6-2-5-9-17(12)24-19(13)18;1-22-14-7-3-4-8-15(14)23-16-11-10-13-12-6-2-5-9-17(12)24-19(13)18(16)21-20(22)23;1-22-13-7-3-4-8-14(13)23-15-10-11-17-18(19(15)21-20(22)23)12-6-2-5-9-16(12)24-17/h6*2-11H,1H3. The summed E-state index contributed by atoms with van der Waals surface area (Å²) in [6.07, 6.45) is 0. The van der Waals surface area contributed by atoms with E-state index in [4.69, 9.17) is 29.9 Å². The van der Waals surface area contributed by atoms with Crippen LogP contribution in [0.5, 0.6) is 0 Å². The molecule has 0 aliphatic heterocycles. The average molecular weight is 1960 g/mol. The SMILES string of the molecule is Cn1c2ccccc2n2c3c(ccc4c5ccccc5sc43)nc12.Cn1c2ccccc2n2c3c(ccc4sc5ccccc5c43)nc12.Cn1c2ccccc2n2c3cc4c(cc3nc12)sc1ccccc14.Cn1c2ccccc2n2c3cc4sc5ccccc5c4cc3nc12.Cn1c2ccccc2n2c3ccc4c5ccccc5sc4c3nc12.Cn1c2ccccc2n2c3ccc4sc5ccccc5c4c3nc12. The number of thiophene rings is 6. The van der Waals surface area contributed by atoms with Gasteiger partial charge in [-0.05, 0) is 170 Å². The minimum Gasteiger partial charge on any atom is -0.313 e. The molecule has 0 saturated heterocycles. The van der Waals surface area contributed by atoms with Gasteiger partial charge in [-0.3, -0.25) is 26.4 Å². The fourth-order valence-electron chi connectivity index (χ4n) is 22.9. The minimum absolute atomic E-state index is 0.994. The van der Waals surface area contributed by atoms with Gasteiger partial charge in [0.2, 0.25) is 34.7 Å². The Balaban J connectivity index is 0.0000000788. The van der Waals surface area contributed by atoms with Gasteiger partial charge >= 0.3 is 0 Å². The Kier molecular flexibility index (Phi) is 17.4. The van der Waals surface area contributed by atoms with Crippen LogP contribution in [0.15, 0.2) is 364 Å². The van der Waals surface area contributed by atoms with Crippen LogP contribution in [-0.2, 0) is 42.3 Å². The van der Waals surface area contributed by atoms with Gasteiger partial charge in [-0.2, -0.15) is 0 Å². The maximum Gasteiger partial charge on any atom is 0.215 e. The number of nitrogens with zero attached hydrogens (tertiary/aromatic N) is 18. The molecule has 144 heavy (non-hydrogen) atoms. The van der Waals surface area contributed by atoms with E-state index in [2.05, 4.69) is 460 Å². The third-order valence-corrected chi connectivity index (χ3v) is 36.5. The number of aromatic nitrogens is 18. The lowest BCUT2D eigenvalue weighted by Crippen LogP contribution is -1.87. The lowest BCUT2D eigenvalue weighted by Gasteiger charge is -1.98. The van der Waals surface area contributed by atoms with Crippen molar-refractivity contribution >= 4 is 356 Å². The van der Waals surface area contributed by atoms with E-state index in [-0.39, 0.29) is 0 Å². The van der Waals surface area contributed by atoms with Gasteiger partial charge in [-0.1, -0.05) is 194 Å². The number of benzene rings is 18. The highest BCUT2D eigenvalue weighted by Gasteiger charge is 2.26. The molecule has 18 aromatic carbocycles. The smallest absolute Gasteiger partial charge is 0.215 e. The summed E-state index contributed by atoms with van der Waals surface area (Å²) in [5.74, 6) is 5.97. The molecule has 24 heteroatoms. The Labute approximate surface area is 839 Å². The summed E-state index contributed by atoms with van der Waals surface area (Å²) in [5.41, 5.74) is 28.1. The van der Waals surface area contributed by atoms with Crippen molar-refractivity contribution in [1.29, 1.82) is 0 Å². The Morgan fingerprint density at radius 2 is 0.444 bits per heavy atom. The second-order valence-electron chi connectivity index (χ2n) is 37.3. The zero-order valence-electron chi connectivity index (χ0n) is 78.1. The second kappa shape index (κ2) is 30.7. The summed E-state index contributed by atoms with van der Waals surface area (Å²) in [6, 6.07) is 129. The molecule has 0 saturated carbocycles. The van der Waals surface area contributed by atoms with E-state index in [1.54, 1.807) is 0 Å². The highest BCUT2D eigenvalue weighted by atomic mass is 32.1. The van der Waals surface area contributed by atoms with Gasteiger partial charge in [0.15, 0.2) is 0 Å². The van der Waals surface area contributed by atoms with Crippen molar-refractivity contribution in [1.82, 2.24) is 83.7 Å². The quantitative estimate of drug-likeness (QED) is 0.148. The van der Waals surface area contributed by atoms with Crippen molar-refractivity contribution in [2.75, 3.05) is 0 Å². The van der Waals surface area contributed by atoms with E-state index in [0.717, 1.165) is 67.8 Å². The Hall–Kier alpha value is -17.1. The highest BCUT2D eigenvalue weighted by molar-refractivity contribution is 7.28. The third-order valence-electron chi connectivity index (χ3n) is 29.6. The van der Waals surface area contributed by atoms with Crippen molar-refractivity contribution in [2.45, 2.75) is 0 Å². The zero-order valence-corrected chi connectivity index (χ0v) is 83.0. The summed E-state index contributed by atoms with van der Waals surface area (Å²) in [6.45, 7) is 0. The molecule has 18 nitrogen and oxygen atoms in total. The van der Waals surface area contributed by atoms with Gasteiger partial charge < -0.3 is 27.4 Å². The minimum atomic E-state index is 0.994. The van der Waals surface area contributed by atoms with Crippen LogP contribution in [-0.4, -0.2) is 83.7 Å². The predicted octanol–water partition coefficient (Wildman–Crippen LogP) is 32.1. The van der Waals surface area contributed by atoms with E-state index in [0.29, 0.717) is 0 Å². The van der Waals surface area contributed by atoms with E-state index in [9.17, 15) is 0 Å². The van der Waals surface area contributed by atoms with E-state index >= 15 is 0 Å². The zero-order chi connectivity index (χ0) is 95.0. The van der Waals surface area contributed by atoms with Gasteiger partial charge in [-0.15, -0.1) is 68.0 Å². The molecule has 684 valence electrons. The first-order chi connectivity index (χ1) is 70.9. The molecule has 0 amide bonds. The Morgan fingerprint density at radius 3 is 0.931 bits per heavy atom. The second-order valence-corrected chi connectivity index (χ2v) is 43.7. The number of hydrogen-bond donors (Lipinski definition) is 0. The molecular formula is C120H78N18S6. The molecule has 18 aromatic heterocycles. The molecule has 0 N–H and O–H groups in total. The summed E-state index contributed by atoms with van der Waals surface area (Å²) >= 11 is 11.1. The van der Waals surface area contributed by atoms with Gasteiger partial charge in [0.05, 0.1) is 131 Å². The number of rotatable bonds is 0. The largest absolute Gasteiger partial charge is 0.313 e. The van der Waals surface area contributed by atoms with Crippen LogP contribution in [0.4, 0.5) is 0 Å². The number of para-hydroxylation sites is 12. The lowest BCUT2D eigenvalue weighted by molar-refractivity contribution is 0.973. The van der Waals surface area contributed by atoms with Gasteiger partial charge in [0.1, 0.15) is 11.0 Å². The van der Waals surface area contributed by atoms with Crippen LogP contribution in [0.1, 0.15) is 0 Å². The van der Waals surface area contributed by atoms with Crippen LogP contribution in [0.25, 0.3) is 288 Å². The molecule has 0 aliphatic carbocycles. The fraction of sp³-hybridized carbons (Fsp3) is 0.0500. The Morgan fingerprint density at radius 1 is 0.160 bits per heavy atom. The highest BCUT2D eigenvalue weighted by Crippen LogP contribution is 2.48. The van der Waals surface area contributed by atoms with Crippen LogP contribution in [0.2, 0.25) is 0 Å². The summed E-state index contributed by atoms with van der Waals surface area (Å²) in [4.78, 5) is 29.7. The van der Waals surface area contributed by atoms with Gasteiger partial charge in [0.25, 0.3) is 0 Å². The molecule has 0 aliphatic rings. The number of aryl methyl sites for hydroxylation is 6. The molecular weight excluding hydrogens is 1890 g/mol. The maximum atomic E-state index is 5.04. The van der Waals surface area contributed by atoms with Crippen LogP contribution >= 0.6 is 68.0 Å². The Bertz CT molecular complexity index is 11800. The molecule has 0 unspecified atom stereocenters. The lowest BCUT2D eigenvalue weighted by atomic mass is 10.1. The van der Waals surface area contributed by atoms with Crippen molar-refractivity contribution in [3.8, 4) is 0 Å². The van der Waals surface area contributed by atoms with Crippen LogP contribution < -0.4 is 0 Å². The molecule has 36 rings (SSSR count). The van der Waals surface area contributed by atoms with E-state index in [1.165, 1.54) is 220 Å². The normalized spacial score (nSPS) is 12.4. The first-order valence-corrected chi connectivity index (χ1v) is 52.8. The van der Waals surface area contributed by atoms with Gasteiger partial charge in [-0.25, -0.2) is 29.9 Å². The van der Waals surface area contributed by atoms with Crippen LogP contribution in [0.3, 0.4) is 0 Å². The molecule has 0 radical (unpaired) electrons. The maximum absolute atomic E-state index is 5.04. The van der Waals surface area contributed by atoms with E-state index < -0.39 is 0 Å². The molecule has 0 atom stereocenters. The number of imidazole rings is 12. The number of hydrogen-bond acceptors (Lipinski definition) is 12. The van der Waals surface area contributed by atoms with Crippen molar-refractivity contribution in [2.24, 2.45) is 42.3 Å². The summed E-state index contributed by atoms with van der Waals surface area (Å²) in [7, 11) is 12.5. The summed E-state index contributed by atoms with van der Waals surface area (Å²) in [5, 5.41) is 15.8. The van der Waals surface area contributed by atoms with E-state index in [1.807, 2.05) is 68.0 Å². The molecule has 18 heterocycles. The number of fused-ring (bicyclic) bond motifs is 52. The predicted molar refractivity (Wildman–Crippen MR) is 612 cm³/mol. The van der Waals surface area contributed by atoms with Gasteiger partial charge in [0, 0.05) is 154 Å².